The van der Waals surface area contributed by atoms with Gasteiger partial charge in [0.2, 0.25) is 0 Å². The molecule has 0 aromatic rings. The van der Waals surface area contributed by atoms with Gasteiger partial charge in [-0.05, 0) is 0 Å². The molecule has 0 amide bonds. The maximum absolute atomic E-state index is 10.7. The van der Waals surface area contributed by atoms with Crippen LogP contribution in [0.1, 0.15) is 0 Å². The van der Waals surface area contributed by atoms with Crippen molar-refractivity contribution in [1.82, 2.24) is 0 Å². The lowest BCUT2D eigenvalue weighted by atomic mass is 10.1. The third-order valence-corrected chi connectivity index (χ3v) is 2.18. The highest BCUT2D eigenvalue weighted by Gasteiger charge is 2.47. The van der Waals surface area contributed by atoms with E-state index in [1.807, 2.05) is 0 Å². The van der Waals surface area contributed by atoms with Crippen LogP contribution in [-0.2, 0) is 14.3 Å². The van der Waals surface area contributed by atoms with Gasteiger partial charge in [0, 0.05) is 0 Å². The molecule has 0 bridgehead atoms. The Hall–Kier alpha value is -0.500. The average molecular weight is 255 g/mol. The third-order valence-electron chi connectivity index (χ3n) is 1.64. The first-order chi connectivity index (χ1) is 5.95. The van der Waals surface area contributed by atoms with E-state index in [0.29, 0.717) is 0 Å². The van der Waals surface area contributed by atoms with Crippen LogP contribution in [0.15, 0.2) is 0 Å². The Morgan fingerprint density at radius 2 is 1.92 bits per heavy atom. The minimum Gasteiger partial charge on any atom is -0.450 e. The molecule has 0 aliphatic carbocycles. The zero-order valence-electron chi connectivity index (χ0n) is 6.25. The second-order valence-electron chi connectivity index (χ2n) is 2.54. The molecule has 1 saturated heterocycles. The first-order valence-electron chi connectivity index (χ1n) is 3.38. The number of carbonyl (C=O) groups is 2. The average Bonchev–Trinajstić information content (AvgIpc) is 2.31. The van der Waals surface area contributed by atoms with Gasteiger partial charge in [-0.2, -0.15) is 0 Å². The number of cyclic esters (lactones) is 1. The zero-order chi connectivity index (χ0) is 10.2. The number of aliphatic hydroxyl groups excluding tert-OH is 3. The molecule has 13 heavy (non-hydrogen) atoms. The Morgan fingerprint density at radius 3 is 2.23 bits per heavy atom. The van der Waals surface area contributed by atoms with Gasteiger partial charge in [-0.3, -0.25) is 4.79 Å². The van der Waals surface area contributed by atoms with Crippen LogP contribution in [0.2, 0.25) is 0 Å². The Labute approximate surface area is 81.2 Å². The van der Waals surface area contributed by atoms with Crippen molar-refractivity contribution in [3.8, 4) is 0 Å². The summed E-state index contributed by atoms with van der Waals surface area (Å²) >= 11 is 2.61. The number of hydrogen-bond acceptors (Lipinski definition) is 6. The summed E-state index contributed by atoms with van der Waals surface area (Å²) in [5.74, 6) is -2.32. The Balaban J connectivity index is 2.74. The Bertz CT molecular complexity index is 239. The normalized spacial score (nSPS) is 32.9. The molecule has 0 aromatic carbocycles. The molecule has 0 saturated carbocycles. The van der Waals surface area contributed by atoms with Crippen molar-refractivity contribution in [3.05, 3.63) is 0 Å². The van der Waals surface area contributed by atoms with Crippen molar-refractivity contribution >= 4 is 27.7 Å². The maximum Gasteiger partial charge on any atom is 0.378 e. The Morgan fingerprint density at radius 1 is 1.38 bits per heavy atom. The highest BCUT2D eigenvalue weighted by Crippen LogP contribution is 2.19. The number of esters is 1. The fourth-order valence-corrected chi connectivity index (χ4v) is 1.23. The lowest BCUT2D eigenvalue weighted by Crippen LogP contribution is -2.41. The van der Waals surface area contributed by atoms with Gasteiger partial charge in [0.25, 0.3) is 5.78 Å². The second-order valence-corrected chi connectivity index (χ2v) is 3.48. The summed E-state index contributed by atoms with van der Waals surface area (Å²) in [7, 11) is 0. The van der Waals surface area contributed by atoms with Crippen LogP contribution in [0.25, 0.3) is 0 Å². The summed E-state index contributed by atoms with van der Waals surface area (Å²) in [4.78, 5) is 21.3. The van der Waals surface area contributed by atoms with E-state index in [0.717, 1.165) is 0 Å². The van der Waals surface area contributed by atoms with E-state index in [4.69, 9.17) is 15.3 Å². The van der Waals surface area contributed by atoms with Gasteiger partial charge in [-0.25, -0.2) is 4.79 Å². The molecule has 0 radical (unpaired) electrons. The van der Waals surface area contributed by atoms with Crippen LogP contribution in [0.5, 0.6) is 0 Å². The number of hydrogen-bond donors (Lipinski definition) is 3. The van der Waals surface area contributed by atoms with Crippen LogP contribution in [0.3, 0.4) is 0 Å². The Kier molecular flexibility index (Phi) is 3.01. The van der Waals surface area contributed by atoms with Crippen molar-refractivity contribution in [1.29, 1.82) is 0 Å². The second kappa shape index (κ2) is 3.70. The van der Waals surface area contributed by atoms with Crippen LogP contribution in [-0.4, -0.2) is 50.4 Å². The molecule has 4 atom stereocenters. The molecule has 6 nitrogen and oxygen atoms in total. The van der Waals surface area contributed by atoms with E-state index < -0.39 is 35.1 Å². The molecular formula is C6H7BrO6. The minimum absolute atomic E-state index is 1.11. The maximum atomic E-state index is 10.7. The predicted molar refractivity (Wildman–Crippen MR) is 41.8 cm³/mol. The third kappa shape index (κ3) is 1.88. The van der Waals surface area contributed by atoms with Crippen molar-refractivity contribution in [2.45, 2.75) is 23.3 Å². The van der Waals surface area contributed by atoms with Gasteiger partial charge in [-0.15, -0.1) is 0 Å². The van der Waals surface area contributed by atoms with E-state index in [1.54, 1.807) is 0 Å². The van der Waals surface area contributed by atoms with E-state index in [9.17, 15) is 9.59 Å². The van der Waals surface area contributed by atoms with Gasteiger partial charge in [0.1, 0.15) is 11.1 Å². The molecule has 1 fully saturated rings. The summed E-state index contributed by atoms with van der Waals surface area (Å²) in [6, 6.07) is 0. The van der Waals surface area contributed by atoms with E-state index in [1.165, 1.54) is 0 Å². The van der Waals surface area contributed by atoms with Crippen molar-refractivity contribution in [2.75, 3.05) is 0 Å². The number of Topliss-reactive ketones (excluding diaryl/α,β-unsaturated/α-hetero) is 1. The van der Waals surface area contributed by atoms with Gasteiger partial charge < -0.3 is 20.1 Å². The number of halogens is 1. The molecule has 0 aromatic heterocycles. The number of alkyl halides is 1. The van der Waals surface area contributed by atoms with E-state index in [2.05, 4.69) is 20.7 Å². The van der Waals surface area contributed by atoms with E-state index in [-0.39, 0.29) is 0 Å². The predicted octanol–water partition coefficient (Wildman–Crippen LogP) is -2.08. The summed E-state index contributed by atoms with van der Waals surface area (Å²) in [5, 5.41) is 25.7. The lowest BCUT2D eigenvalue weighted by molar-refractivity contribution is -0.152. The number of rotatable bonds is 2. The van der Waals surface area contributed by atoms with Gasteiger partial charge in [0.05, 0.1) is 0 Å². The monoisotopic (exact) mass is 254 g/mol. The summed E-state index contributed by atoms with van der Waals surface area (Å²) in [6.45, 7) is 0. The summed E-state index contributed by atoms with van der Waals surface area (Å²) < 4.78 is 4.33. The molecular weight excluding hydrogens is 248 g/mol. The van der Waals surface area contributed by atoms with Crippen LogP contribution < -0.4 is 0 Å². The van der Waals surface area contributed by atoms with Crippen LogP contribution in [0, 0.1) is 0 Å². The van der Waals surface area contributed by atoms with Gasteiger partial charge in [-0.1, -0.05) is 15.9 Å². The fourth-order valence-electron chi connectivity index (χ4n) is 0.929. The van der Waals surface area contributed by atoms with E-state index >= 15 is 0 Å². The SMILES string of the molecule is O=C1O[C@H]([C@@H](O)C(O)Br)C(O)C1=O. The number of carbonyl (C=O) groups excluding carboxylic acids is 2. The molecule has 74 valence electrons. The van der Waals surface area contributed by atoms with Gasteiger partial charge >= 0.3 is 5.97 Å². The first kappa shape index (κ1) is 10.6. The molecule has 1 heterocycles. The molecule has 1 rings (SSSR count). The summed E-state index contributed by atoms with van der Waals surface area (Å²) in [5.41, 5.74) is 0. The summed E-state index contributed by atoms with van der Waals surface area (Å²) in [6.07, 6.45) is -4.66. The van der Waals surface area contributed by atoms with Crippen molar-refractivity contribution < 1.29 is 29.6 Å². The van der Waals surface area contributed by atoms with Crippen molar-refractivity contribution in [3.63, 3.8) is 0 Å². The lowest BCUT2D eigenvalue weighted by Gasteiger charge is -2.19. The molecule has 1 aliphatic heterocycles. The number of ketones is 1. The molecule has 1 aliphatic rings. The molecule has 0 spiro atoms. The van der Waals surface area contributed by atoms with Crippen LogP contribution >= 0.6 is 15.9 Å². The fraction of sp³-hybridized carbons (Fsp3) is 0.667. The largest absolute Gasteiger partial charge is 0.450 e. The highest BCUT2D eigenvalue weighted by molar-refractivity contribution is 9.09. The minimum atomic E-state index is -1.71. The molecule has 3 N–H and O–H groups in total. The standard InChI is InChI=1S/C6H7BrO6/c7-5(11)3(10)4-1(8)2(9)6(12)13-4/h1,3-5,8,10-11H/t1?,3-,4+,5?/m1/s1. The number of aliphatic hydroxyl groups is 3. The molecule has 7 heteroatoms. The number of ether oxygens (including phenoxy) is 1. The quantitative estimate of drug-likeness (QED) is 0.297. The molecule has 2 unspecified atom stereocenters. The first-order valence-corrected chi connectivity index (χ1v) is 4.30. The highest BCUT2D eigenvalue weighted by atomic mass is 79.9. The van der Waals surface area contributed by atoms with Crippen LogP contribution in [0.4, 0.5) is 0 Å². The topological polar surface area (TPSA) is 104 Å². The zero-order valence-corrected chi connectivity index (χ0v) is 7.84. The smallest absolute Gasteiger partial charge is 0.378 e. The van der Waals surface area contributed by atoms with Gasteiger partial charge in [0.15, 0.2) is 12.2 Å². The van der Waals surface area contributed by atoms with Crippen molar-refractivity contribution in [2.24, 2.45) is 0 Å².